The molecule has 3 rings (SSSR count). The van der Waals surface area contributed by atoms with Gasteiger partial charge in [0, 0.05) is 24.3 Å². The van der Waals surface area contributed by atoms with Gasteiger partial charge < -0.3 is 9.84 Å². The largest absolute Gasteiger partial charge is 0.489 e. The fourth-order valence-electron chi connectivity index (χ4n) is 3.58. The number of hydrogen-bond acceptors (Lipinski definition) is 2. The Hall–Kier alpha value is -2.40. The maximum atomic E-state index is 14.0. The summed E-state index contributed by atoms with van der Waals surface area (Å²) in [4.78, 5) is 10.7. The summed E-state index contributed by atoms with van der Waals surface area (Å²) in [5.41, 5.74) is 4.23. The lowest BCUT2D eigenvalue weighted by atomic mass is 9.85. The molecule has 0 fully saturated rings. The van der Waals surface area contributed by atoms with E-state index in [4.69, 9.17) is 21.4 Å². The van der Waals surface area contributed by atoms with Gasteiger partial charge in [-0.1, -0.05) is 29.8 Å². The minimum Gasteiger partial charge on any atom is -0.489 e. The maximum absolute atomic E-state index is 14.0. The Morgan fingerprint density at radius 1 is 1.21 bits per heavy atom. The van der Waals surface area contributed by atoms with E-state index in [1.54, 1.807) is 18.2 Å². The van der Waals surface area contributed by atoms with Gasteiger partial charge in [-0.15, -0.1) is 0 Å². The van der Waals surface area contributed by atoms with Gasteiger partial charge in [0.1, 0.15) is 12.4 Å². The highest BCUT2D eigenvalue weighted by Crippen LogP contribution is 2.41. The fourth-order valence-corrected chi connectivity index (χ4v) is 3.71. The fraction of sp³-hybridized carbons (Fsp3) is 0.348. The summed E-state index contributed by atoms with van der Waals surface area (Å²) in [6.45, 7) is 1.97. The predicted molar refractivity (Wildman–Crippen MR) is 110 cm³/mol. The highest BCUT2D eigenvalue weighted by Gasteiger charge is 2.35. The van der Waals surface area contributed by atoms with Crippen molar-refractivity contribution in [3.8, 4) is 5.75 Å². The number of aryl methyl sites for hydroxylation is 2. The van der Waals surface area contributed by atoms with Crippen LogP contribution in [0.4, 0.5) is 8.78 Å². The summed E-state index contributed by atoms with van der Waals surface area (Å²) in [5.74, 6) is -2.99. The first-order valence-electron chi connectivity index (χ1n) is 9.52. The van der Waals surface area contributed by atoms with E-state index in [9.17, 15) is 13.6 Å². The second-order valence-electron chi connectivity index (χ2n) is 7.39. The Morgan fingerprint density at radius 2 is 1.93 bits per heavy atom. The molecule has 0 radical (unpaired) electrons. The zero-order valence-corrected chi connectivity index (χ0v) is 16.9. The number of alkyl halides is 2. The molecule has 3 nitrogen and oxygen atoms in total. The number of rotatable bonds is 7. The van der Waals surface area contributed by atoms with Gasteiger partial charge in [-0.25, -0.2) is 8.78 Å². The molecule has 0 spiro atoms. The number of carbonyl (C=O) groups is 1. The van der Waals surface area contributed by atoms with Gasteiger partial charge in [-0.2, -0.15) is 0 Å². The van der Waals surface area contributed by atoms with Crippen molar-refractivity contribution in [2.24, 2.45) is 0 Å². The number of allylic oxidation sites excluding steroid dienone is 1. The molecular formula is C23H23ClF2O3. The minimum atomic E-state index is -2.73. The molecule has 0 bridgehead atoms. The molecule has 6 heteroatoms. The van der Waals surface area contributed by atoms with E-state index >= 15 is 0 Å². The lowest BCUT2D eigenvalue weighted by molar-refractivity contribution is -0.136. The van der Waals surface area contributed by atoms with E-state index in [0.717, 1.165) is 22.3 Å². The van der Waals surface area contributed by atoms with Gasteiger partial charge in [0.05, 0.1) is 0 Å². The Kier molecular flexibility index (Phi) is 6.58. The minimum absolute atomic E-state index is 0.0630. The van der Waals surface area contributed by atoms with Crippen molar-refractivity contribution in [1.82, 2.24) is 0 Å². The van der Waals surface area contributed by atoms with Crippen LogP contribution < -0.4 is 4.74 Å². The molecule has 0 amide bonds. The number of halogens is 3. The normalized spacial score (nSPS) is 16.0. The maximum Gasteiger partial charge on any atom is 0.303 e. The number of ether oxygens (including phenoxy) is 1. The summed E-state index contributed by atoms with van der Waals surface area (Å²) in [7, 11) is 0. The molecular weight excluding hydrogens is 398 g/mol. The lowest BCUT2D eigenvalue weighted by Gasteiger charge is -2.27. The molecule has 0 unspecified atom stereocenters. The third kappa shape index (κ3) is 5.80. The van der Waals surface area contributed by atoms with E-state index in [2.05, 4.69) is 0 Å². The standard InChI is InChI=1S/C23H23ClF2O3/c1-15-12-20(8-4-16(15)5-9-22(27)28)29-14-18-13-23(25,26)11-10-21(18)17-2-6-19(24)7-3-17/h2-4,6-8,12H,5,9-11,13-14H2,1H3,(H,27,28). The van der Waals surface area contributed by atoms with E-state index in [1.807, 2.05) is 31.2 Å². The second-order valence-corrected chi connectivity index (χ2v) is 7.83. The van der Waals surface area contributed by atoms with Crippen molar-refractivity contribution in [3.05, 3.63) is 69.8 Å². The van der Waals surface area contributed by atoms with E-state index < -0.39 is 11.9 Å². The van der Waals surface area contributed by atoms with Crippen molar-refractivity contribution < 1.29 is 23.4 Å². The van der Waals surface area contributed by atoms with Crippen LogP contribution in [0.5, 0.6) is 5.75 Å². The Labute approximate surface area is 174 Å². The third-order valence-electron chi connectivity index (χ3n) is 5.17. The average molecular weight is 421 g/mol. The number of hydrogen-bond donors (Lipinski definition) is 1. The summed E-state index contributed by atoms with van der Waals surface area (Å²) in [5, 5.41) is 9.43. The van der Waals surface area contributed by atoms with Crippen LogP contribution >= 0.6 is 11.6 Å². The molecule has 2 aromatic carbocycles. The molecule has 2 aromatic rings. The monoisotopic (exact) mass is 420 g/mol. The van der Waals surface area contributed by atoms with Crippen molar-refractivity contribution in [1.29, 1.82) is 0 Å². The molecule has 0 aliphatic heterocycles. The highest BCUT2D eigenvalue weighted by molar-refractivity contribution is 6.30. The molecule has 0 atom stereocenters. The zero-order valence-electron chi connectivity index (χ0n) is 16.2. The van der Waals surface area contributed by atoms with Crippen molar-refractivity contribution in [2.75, 3.05) is 6.61 Å². The Balaban J connectivity index is 1.77. The van der Waals surface area contributed by atoms with Crippen LogP contribution in [0.15, 0.2) is 48.0 Å². The van der Waals surface area contributed by atoms with Crippen LogP contribution in [0.25, 0.3) is 5.57 Å². The smallest absolute Gasteiger partial charge is 0.303 e. The molecule has 0 saturated carbocycles. The van der Waals surface area contributed by atoms with Crippen molar-refractivity contribution in [2.45, 2.75) is 45.0 Å². The Morgan fingerprint density at radius 3 is 2.59 bits per heavy atom. The van der Waals surface area contributed by atoms with E-state index in [1.165, 1.54) is 0 Å². The Bertz CT molecular complexity index is 920. The van der Waals surface area contributed by atoms with Crippen molar-refractivity contribution in [3.63, 3.8) is 0 Å². The first-order chi connectivity index (χ1) is 13.7. The average Bonchev–Trinajstić information content (AvgIpc) is 2.66. The van der Waals surface area contributed by atoms with Gasteiger partial charge in [0.2, 0.25) is 0 Å². The quantitative estimate of drug-likeness (QED) is 0.570. The first kappa shape index (κ1) is 21.3. The van der Waals surface area contributed by atoms with Gasteiger partial charge >= 0.3 is 5.97 Å². The van der Waals surface area contributed by atoms with Gasteiger partial charge in [-0.05, 0) is 71.9 Å². The molecule has 0 aromatic heterocycles. The molecule has 0 saturated heterocycles. The van der Waals surface area contributed by atoms with Crippen molar-refractivity contribution >= 4 is 23.1 Å². The molecule has 29 heavy (non-hydrogen) atoms. The summed E-state index contributed by atoms with van der Waals surface area (Å²) in [6, 6.07) is 12.6. The van der Waals surface area contributed by atoms with Crippen LogP contribution in [-0.4, -0.2) is 23.6 Å². The molecule has 1 aliphatic rings. The number of carboxylic acids is 1. The molecule has 154 valence electrons. The number of aliphatic carboxylic acids is 1. The van der Waals surface area contributed by atoms with Crippen LogP contribution in [-0.2, 0) is 11.2 Å². The summed E-state index contributed by atoms with van der Waals surface area (Å²) >= 11 is 5.95. The number of carboxylic acid groups (broad SMARTS) is 1. The number of benzene rings is 2. The van der Waals surface area contributed by atoms with Crippen LogP contribution in [0.1, 0.15) is 42.4 Å². The van der Waals surface area contributed by atoms with Crippen LogP contribution in [0, 0.1) is 6.92 Å². The van der Waals surface area contributed by atoms with E-state index in [0.29, 0.717) is 29.2 Å². The van der Waals surface area contributed by atoms with Crippen LogP contribution in [0.2, 0.25) is 5.02 Å². The summed E-state index contributed by atoms with van der Waals surface area (Å²) < 4.78 is 33.9. The first-order valence-corrected chi connectivity index (χ1v) is 9.90. The van der Waals surface area contributed by atoms with Gasteiger partial charge in [0.15, 0.2) is 0 Å². The molecule has 1 aliphatic carbocycles. The molecule has 1 N–H and O–H groups in total. The third-order valence-corrected chi connectivity index (χ3v) is 5.42. The second kappa shape index (κ2) is 8.95. The summed E-state index contributed by atoms with van der Waals surface area (Å²) in [6.07, 6.45) is 0.306. The SMILES string of the molecule is Cc1cc(OCC2=C(c3ccc(Cl)cc3)CCC(F)(F)C2)ccc1CCC(=O)O. The van der Waals surface area contributed by atoms with Gasteiger partial charge in [0.25, 0.3) is 5.92 Å². The lowest BCUT2D eigenvalue weighted by Crippen LogP contribution is -2.24. The molecule has 0 heterocycles. The highest BCUT2D eigenvalue weighted by atomic mass is 35.5. The predicted octanol–water partition coefficient (Wildman–Crippen LogP) is 6.32. The topological polar surface area (TPSA) is 46.5 Å². The zero-order chi connectivity index (χ0) is 21.0. The van der Waals surface area contributed by atoms with E-state index in [-0.39, 0.29) is 25.9 Å². The van der Waals surface area contributed by atoms with Crippen LogP contribution in [0.3, 0.4) is 0 Å². The van der Waals surface area contributed by atoms with Gasteiger partial charge in [-0.3, -0.25) is 4.79 Å².